The number of aryl methyl sites for hydroxylation is 2. The summed E-state index contributed by atoms with van der Waals surface area (Å²) < 4.78 is 6.11. The fourth-order valence-electron chi connectivity index (χ4n) is 2.62. The Morgan fingerprint density at radius 3 is 2.76 bits per heavy atom. The molecule has 0 saturated carbocycles. The maximum absolute atomic E-state index is 6.11. The summed E-state index contributed by atoms with van der Waals surface area (Å²) in [7, 11) is 0. The Labute approximate surface area is 129 Å². The van der Waals surface area contributed by atoms with E-state index >= 15 is 0 Å². The summed E-state index contributed by atoms with van der Waals surface area (Å²) in [6.45, 7) is 7.45. The number of fused-ring (bicyclic) bond motifs is 1. The largest absolute Gasteiger partial charge is 0.459 e. The van der Waals surface area contributed by atoms with Gasteiger partial charge in [0.1, 0.15) is 17.4 Å². The Morgan fingerprint density at radius 1 is 1.19 bits per heavy atom. The lowest BCUT2D eigenvalue weighted by Crippen LogP contribution is -2.22. The van der Waals surface area contributed by atoms with Gasteiger partial charge in [0.05, 0.1) is 0 Å². The van der Waals surface area contributed by atoms with Gasteiger partial charge in [-0.05, 0) is 62.0 Å². The highest BCUT2D eigenvalue weighted by molar-refractivity contribution is 7.10. The molecule has 0 saturated heterocycles. The first-order valence-electron chi connectivity index (χ1n) is 7.46. The number of thiophene rings is 1. The van der Waals surface area contributed by atoms with Gasteiger partial charge in [0, 0.05) is 10.3 Å². The van der Waals surface area contributed by atoms with E-state index in [0.717, 1.165) is 24.3 Å². The molecule has 2 heterocycles. The van der Waals surface area contributed by atoms with Crippen LogP contribution in [0, 0.1) is 13.8 Å². The molecule has 1 N–H and O–H groups in total. The van der Waals surface area contributed by atoms with Gasteiger partial charge in [-0.1, -0.05) is 18.6 Å². The number of nitrogens with one attached hydrogen (secondary N) is 1. The fraction of sp³-hybridized carbons (Fsp3) is 0.333. The van der Waals surface area contributed by atoms with Crippen LogP contribution in [0.4, 0.5) is 0 Å². The van der Waals surface area contributed by atoms with Crippen LogP contribution in [-0.4, -0.2) is 6.54 Å². The first-order chi connectivity index (χ1) is 10.2. The van der Waals surface area contributed by atoms with Crippen LogP contribution in [0.15, 0.2) is 40.1 Å². The lowest BCUT2D eigenvalue weighted by molar-refractivity contribution is 0.472. The predicted octanol–water partition coefficient (Wildman–Crippen LogP) is 5.20. The van der Waals surface area contributed by atoms with Gasteiger partial charge in [-0.3, -0.25) is 0 Å². The summed E-state index contributed by atoms with van der Waals surface area (Å²) in [5.74, 6) is 1.01. The fourth-order valence-corrected chi connectivity index (χ4v) is 3.63. The molecule has 3 rings (SSSR count). The standard InChI is InChI=1S/C18H21NOS/c1-4-8-19-17(18-13(3)7-9-21-18)16-11-14-10-12(2)5-6-15(14)20-16/h5-7,9-11,17,19H,4,8H2,1-3H3. The molecule has 0 aliphatic rings. The highest BCUT2D eigenvalue weighted by Crippen LogP contribution is 2.33. The van der Waals surface area contributed by atoms with Gasteiger partial charge >= 0.3 is 0 Å². The van der Waals surface area contributed by atoms with Crippen LogP contribution in [0.3, 0.4) is 0 Å². The van der Waals surface area contributed by atoms with E-state index in [1.54, 1.807) is 11.3 Å². The average molecular weight is 299 g/mol. The van der Waals surface area contributed by atoms with Gasteiger partial charge < -0.3 is 9.73 Å². The van der Waals surface area contributed by atoms with Crippen molar-refractivity contribution in [3.05, 3.63) is 57.5 Å². The molecular formula is C18H21NOS. The highest BCUT2D eigenvalue weighted by Gasteiger charge is 2.20. The van der Waals surface area contributed by atoms with Crippen LogP contribution in [0.2, 0.25) is 0 Å². The van der Waals surface area contributed by atoms with Gasteiger partial charge in [0.15, 0.2) is 0 Å². The van der Waals surface area contributed by atoms with Crippen molar-refractivity contribution in [3.8, 4) is 0 Å². The molecule has 110 valence electrons. The quantitative estimate of drug-likeness (QED) is 0.700. The normalized spacial score (nSPS) is 12.9. The second kappa shape index (κ2) is 6.04. The first-order valence-corrected chi connectivity index (χ1v) is 8.34. The minimum Gasteiger partial charge on any atom is -0.459 e. The molecule has 0 radical (unpaired) electrons. The number of rotatable bonds is 5. The van der Waals surface area contributed by atoms with Gasteiger partial charge in [-0.15, -0.1) is 11.3 Å². The van der Waals surface area contributed by atoms with E-state index in [1.165, 1.54) is 21.4 Å². The molecule has 1 unspecified atom stereocenters. The Kier molecular flexibility index (Phi) is 4.13. The lowest BCUT2D eigenvalue weighted by atomic mass is 10.1. The highest BCUT2D eigenvalue weighted by atomic mass is 32.1. The summed E-state index contributed by atoms with van der Waals surface area (Å²) in [6.07, 6.45) is 1.11. The minimum atomic E-state index is 0.151. The molecule has 0 bridgehead atoms. The van der Waals surface area contributed by atoms with E-state index < -0.39 is 0 Å². The Balaban J connectivity index is 2.03. The van der Waals surface area contributed by atoms with E-state index in [0.29, 0.717) is 0 Å². The van der Waals surface area contributed by atoms with Crippen molar-refractivity contribution in [3.63, 3.8) is 0 Å². The van der Waals surface area contributed by atoms with Crippen molar-refractivity contribution in [1.82, 2.24) is 5.32 Å². The van der Waals surface area contributed by atoms with Crippen LogP contribution in [0.5, 0.6) is 0 Å². The van der Waals surface area contributed by atoms with Crippen molar-refractivity contribution >= 4 is 22.3 Å². The van der Waals surface area contributed by atoms with E-state index in [2.05, 4.69) is 61.8 Å². The van der Waals surface area contributed by atoms with Crippen LogP contribution in [0.25, 0.3) is 11.0 Å². The summed E-state index contributed by atoms with van der Waals surface area (Å²) in [4.78, 5) is 1.35. The molecule has 1 aromatic carbocycles. The van der Waals surface area contributed by atoms with Crippen LogP contribution >= 0.6 is 11.3 Å². The zero-order valence-electron chi connectivity index (χ0n) is 12.8. The van der Waals surface area contributed by atoms with Gasteiger partial charge in [0.2, 0.25) is 0 Å². The third-order valence-electron chi connectivity index (χ3n) is 3.74. The summed E-state index contributed by atoms with van der Waals surface area (Å²) in [5, 5.41) is 6.95. The van der Waals surface area contributed by atoms with Crippen LogP contribution in [-0.2, 0) is 0 Å². The number of benzene rings is 1. The second-order valence-corrected chi connectivity index (χ2v) is 6.49. The lowest BCUT2D eigenvalue weighted by Gasteiger charge is -2.15. The maximum atomic E-state index is 6.11. The number of hydrogen-bond donors (Lipinski definition) is 1. The van der Waals surface area contributed by atoms with Gasteiger partial charge in [-0.2, -0.15) is 0 Å². The Morgan fingerprint density at radius 2 is 2.05 bits per heavy atom. The third kappa shape index (κ3) is 2.89. The minimum absolute atomic E-state index is 0.151. The SMILES string of the molecule is CCCNC(c1cc2cc(C)ccc2o1)c1sccc1C. The molecule has 2 nitrogen and oxygen atoms in total. The van der Waals surface area contributed by atoms with E-state index in [-0.39, 0.29) is 6.04 Å². The topological polar surface area (TPSA) is 25.2 Å². The van der Waals surface area contributed by atoms with Crippen LogP contribution in [0.1, 0.15) is 41.2 Å². The van der Waals surface area contributed by atoms with Crippen molar-refractivity contribution in [2.24, 2.45) is 0 Å². The molecule has 0 aliphatic carbocycles. The summed E-state index contributed by atoms with van der Waals surface area (Å²) >= 11 is 1.79. The molecule has 1 atom stereocenters. The molecule has 2 aromatic heterocycles. The molecular weight excluding hydrogens is 278 g/mol. The number of hydrogen-bond acceptors (Lipinski definition) is 3. The molecule has 0 spiro atoms. The van der Waals surface area contributed by atoms with E-state index in [4.69, 9.17) is 4.42 Å². The zero-order chi connectivity index (χ0) is 14.8. The molecule has 0 amide bonds. The summed E-state index contributed by atoms with van der Waals surface area (Å²) in [5.41, 5.74) is 3.55. The van der Waals surface area contributed by atoms with Crippen molar-refractivity contribution in [2.75, 3.05) is 6.54 Å². The van der Waals surface area contributed by atoms with Crippen molar-refractivity contribution < 1.29 is 4.42 Å². The molecule has 21 heavy (non-hydrogen) atoms. The molecule has 0 fully saturated rings. The molecule has 0 aliphatic heterocycles. The van der Waals surface area contributed by atoms with E-state index in [9.17, 15) is 0 Å². The average Bonchev–Trinajstić information content (AvgIpc) is 3.06. The summed E-state index contributed by atoms with van der Waals surface area (Å²) in [6, 6.07) is 10.8. The Hall–Kier alpha value is -1.58. The monoisotopic (exact) mass is 299 g/mol. The number of furan rings is 1. The third-order valence-corrected chi connectivity index (χ3v) is 4.82. The first kappa shape index (κ1) is 14.4. The second-order valence-electron chi connectivity index (χ2n) is 5.55. The smallest absolute Gasteiger partial charge is 0.134 e. The van der Waals surface area contributed by atoms with Gasteiger partial charge in [0.25, 0.3) is 0 Å². The Bertz CT molecular complexity index is 741. The van der Waals surface area contributed by atoms with Crippen LogP contribution < -0.4 is 5.32 Å². The molecule has 3 heteroatoms. The maximum Gasteiger partial charge on any atom is 0.134 e. The van der Waals surface area contributed by atoms with Gasteiger partial charge in [-0.25, -0.2) is 0 Å². The molecule has 3 aromatic rings. The predicted molar refractivity (Wildman–Crippen MR) is 90.1 cm³/mol. The van der Waals surface area contributed by atoms with E-state index in [1.807, 2.05) is 0 Å². The van der Waals surface area contributed by atoms with Crippen molar-refractivity contribution in [1.29, 1.82) is 0 Å². The zero-order valence-corrected chi connectivity index (χ0v) is 13.6. The van der Waals surface area contributed by atoms with Crippen molar-refractivity contribution in [2.45, 2.75) is 33.2 Å².